The number of halogens is 1. The Labute approximate surface area is 135 Å². The Morgan fingerprint density at radius 3 is 2.77 bits per heavy atom. The zero-order valence-corrected chi connectivity index (χ0v) is 13.3. The lowest BCUT2D eigenvalue weighted by Crippen LogP contribution is -2.15. The molecule has 2 aromatic rings. The first-order valence-electron chi connectivity index (χ1n) is 6.91. The Hall–Kier alpha value is -1.85. The molecule has 1 aromatic carbocycles. The largest absolute Gasteiger partial charge is 0.294 e. The van der Waals surface area contributed by atoms with Crippen molar-refractivity contribution >= 4 is 22.4 Å². The number of aromatic amines is 1. The molecule has 2 atom stereocenters. The van der Waals surface area contributed by atoms with E-state index in [0.717, 1.165) is 5.69 Å². The first-order chi connectivity index (χ1) is 10.6. The number of H-pyrrole nitrogens is 1. The highest BCUT2D eigenvalue weighted by molar-refractivity contribution is 7.85. The molecule has 2 unspecified atom stereocenters. The number of nitrogens with one attached hydrogen (secondary N) is 1. The van der Waals surface area contributed by atoms with Crippen molar-refractivity contribution in [2.24, 2.45) is 0 Å². The Morgan fingerprint density at radius 1 is 1.32 bits per heavy atom. The van der Waals surface area contributed by atoms with Gasteiger partial charge in [0.25, 0.3) is 5.56 Å². The van der Waals surface area contributed by atoms with Crippen molar-refractivity contribution in [3.8, 4) is 5.69 Å². The minimum Gasteiger partial charge on any atom is -0.294 e. The summed E-state index contributed by atoms with van der Waals surface area (Å²) in [5, 5.41) is 3.64. The quantitative estimate of drug-likeness (QED) is 0.934. The number of rotatable bonds is 4. The molecule has 1 N–H and O–H groups in total. The summed E-state index contributed by atoms with van der Waals surface area (Å²) < 4.78 is 13.8. The predicted octanol–water partition coefficient (Wildman–Crippen LogP) is 2.87. The van der Waals surface area contributed by atoms with Crippen molar-refractivity contribution in [2.75, 3.05) is 0 Å². The van der Waals surface area contributed by atoms with Gasteiger partial charge in [0.05, 0.1) is 22.4 Å². The molecule has 0 amide bonds. The van der Waals surface area contributed by atoms with Crippen molar-refractivity contribution in [1.29, 1.82) is 0 Å². The van der Waals surface area contributed by atoms with Gasteiger partial charge >= 0.3 is 0 Å². The number of para-hydroxylation sites is 1. The van der Waals surface area contributed by atoms with Crippen LogP contribution in [0.4, 0.5) is 0 Å². The van der Waals surface area contributed by atoms with Gasteiger partial charge in [-0.25, -0.2) is 4.68 Å². The van der Waals surface area contributed by atoms with Gasteiger partial charge < -0.3 is 0 Å². The van der Waals surface area contributed by atoms with Crippen LogP contribution in [-0.2, 0) is 16.6 Å². The maximum Gasteiger partial charge on any atom is 0.271 e. The SMILES string of the molecule is O=c1cc(CS(=O)C2C=CC(Cl)=CC2)[nH]n1-c1ccccc1. The monoisotopic (exact) mass is 334 g/mol. The molecule has 0 saturated heterocycles. The highest BCUT2D eigenvalue weighted by Crippen LogP contribution is 2.19. The third-order valence-corrected chi connectivity index (χ3v) is 5.34. The summed E-state index contributed by atoms with van der Waals surface area (Å²) in [6.07, 6.45) is 6.16. The van der Waals surface area contributed by atoms with Gasteiger partial charge in [-0.15, -0.1) is 0 Å². The van der Waals surface area contributed by atoms with E-state index in [-0.39, 0.29) is 10.8 Å². The summed E-state index contributed by atoms with van der Waals surface area (Å²) in [6, 6.07) is 10.8. The van der Waals surface area contributed by atoms with Gasteiger partial charge in [0, 0.05) is 21.9 Å². The molecule has 1 aliphatic carbocycles. The second-order valence-corrected chi connectivity index (χ2v) is 7.13. The summed E-state index contributed by atoms with van der Waals surface area (Å²) in [5.41, 5.74) is 1.28. The van der Waals surface area contributed by atoms with E-state index in [1.54, 1.807) is 6.08 Å². The van der Waals surface area contributed by atoms with Crippen LogP contribution in [0.25, 0.3) is 5.69 Å². The second-order valence-electron chi connectivity index (χ2n) is 5.04. The first-order valence-corrected chi connectivity index (χ1v) is 8.67. The molecule has 3 rings (SSSR count). The summed E-state index contributed by atoms with van der Waals surface area (Å²) in [6.45, 7) is 0. The van der Waals surface area contributed by atoms with Gasteiger partial charge in [-0.2, -0.15) is 0 Å². The second kappa shape index (κ2) is 6.50. The highest BCUT2D eigenvalue weighted by atomic mass is 35.5. The fourth-order valence-electron chi connectivity index (χ4n) is 2.32. The fourth-order valence-corrected chi connectivity index (χ4v) is 3.71. The van der Waals surface area contributed by atoms with Crippen LogP contribution in [-0.4, -0.2) is 19.2 Å². The lowest BCUT2D eigenvalue weighted by atomic mass is 10.2. The third-order valence-electron chi connectivity index (χ3n) is 3.44. The van der Waals surface area contributed by atoms with Crippen LogP contribution < -0.4 is 5.56 Å². The van der Waals surface area contributed by atoms with E-state index in [0.29, 0.717) is 22.9 Å². The van der Waals surface area contributed by atoms with Crippen LogP contribution in [0.1, 0.15) is 12.1 Å². The molecule has 0 fully saturated rings. The van der Waals surface area contributed by atoms with Crippen LogP contribution in [0.15, 0.2) is 64.5 Å². The van der Waals surface area contributed by atoms with E-state index >= 15 is 0 Å². The predicted molar refractivity (Wildman–Crippen MR) is 89.7 cm³/mol. The molecule has 0 bridgehead atoms. The van der Waals surface area contributed by atoms with Crippen LogP contribution in [0.3, 0.4) is 0 Å². The molecule has 114 valence electrons. The van der Waals surface area contributed by atoms with E-state index in [9.17, 15) is 9.00 Å². The van der Waals surface area contributed by atoms with E-state index in [2.05, 4.69) is 5.10 Å². The van der Waals surface area contributed by atoms with E-state index in [1.807, 2.05) is 42.5 Å². The normalized spacial score (nSPS) is 19.0. The maximum absolute atomic E-state index is 12.4. The van der Waals surface area contributed by atoms with Crippen molar-refractivity contribution in [1.82, 2.24) is 9.78 Å². The lowest BCUT2D eigenvalue weighted by Gasteiger charge is -2.13. The zero-order chi connectivity index (χ0) is 15.5. The third kappa shape index (κ3) is 3.31. The van der Waals surface area contributed by atoms with Crippen LogP contribution in [0.2, 0.25) is 0 Å². The van der Waals surface area contributed by atoms with Gasteiger partial charge in [-0.05, 0) is 24.6 Å². The minimum atomic E-state index is -1.10. The van der Waals surface area contributed by atoms with Gasteiger partial charge in [0.2, 0.25) is 0 Å². The zero-order valence-electron chi connectivity index (χ0n) is 11.7. The molecule has 1 heterocycles. The fraction of sp³-hybridized carbons (Fsp3) is 0.188. The van der Waals surface area contributed by atoms with Gasteiger partial charge in [0.15, 0.2) is 0 Å². The number of hydrogen-bond acceptors (Lipinski definition) is 2. The average Bonchev–Trinajstić information content (AvgIpc) is 2.89. The molecule has 4 nitrogen and oxygen atoms in total. The molecule has 22 heavy (non-hydrogen) atoms. The van der Waals surface area contributed by atoms with Crippen molar-refractivity contribution in [2.45, 2.75) is 17.4 Å². The standard InChI is InChI=1S/C16H15ClN2O2S/c17-12-6-8-15(9-7-12)22(21)11-13-10-16(20)19(18-13)14-4-2-1-3-5-14/h1-8,10,15,18H,9,11H2. The molecule has 0 radical (unpaired) electrons. The molecule has 0 spiro atoms. The first kappa shape index (κ1) is 15.1. The van der Waals surface area contributed by atoms with E-state index < -0.39 is 10.8 Å². The lowest BCUT2D eigenvalue weighted by molar-refractivity contribution is 0.675. The number of aromatic nitrogens is 2. The smallest absolute Gasteiger partial charge is 0.271 e. The Morgan fingerprint density at radius 2 is 2.09 bits per heavy atom. The van der Waals surface area contributed by atoms with Crippen molar-refractivity contribution in [3.05, 3.63) is 75.7 Å². The maximum atomic E-state index is 12.4. The topological polar surface area (TPSA) is 54.9 Å². The van der Waals surface area contributed by atoms with Crippen molar-refractivity contribution < 1.29 is 4.21 Å². The van der Waals surface area contributed by atoms with Crippen LogP contribution in [0.5, 0.6) is 0 Å². The summed E-state index contributed by atoms with van der Waals surface area (Å²) in [4.78, 5) is 12.0. The van der Waals surface area contributed by atoms with Crippen LogP contribution >= 0.6 is 11.6 Å². The van der Waals surface area contributed by atoms with E-state index in [1.165, 1.54) is 10.7 Å². The number of benzene rings is 1. The van der Waals surface area contributed by atoms with Gasteiger partial charge in [0.1, 0.15) is 0 Å². The average molecular weight is 335 g/mol. The highest BCUT2D eigenvalue weighted by Gasteiger charge is 2.17. The Balaban J connectivity index is 1.76. The summed E-state index contributed by atoms with van der Waals surface area (Å²) >= 11 is 5.86. The number of allylic oxidation sites excluding steroid dienone is 3. The van der Waals surface area contributed by atoms with Gasteiger partial charge in [-0.3, -0.25) is 14.1 Å². The molecule has 0 aliphatic heterocycles. The summed E-state index contributed by atoms with van der Waals surface area (Å²) in [7, 11) is -1.10. The minimum absolute atomic E-state index is 0.0638. The molecular weight excluding hydrogens is 320 g/mol. The molecule has 1 aliphatic rings. The molecule has 0 saturated carbocycles. The number of hydrogen-bond donors (Lipinski definition) is 1. The molecule has 1 aromatic heterocycles. The van der Waals surface area contributed by atoms with Gasteiger partial charge in [-0.1, -0.05) is 42.0 Å². The Kier molecular flexibility index (Phi) is 4.45. The Bertz CT molecular complexity index is 805. The van der Waals surface area contributed by atoms with E-state index in [4.69, 9.17) is 11.6 Å². The van der Waals surface area contributed by atoms with Crippen LogP contribution in [0, 0.1) is 0 Å². The number of nitrogens with zero attached hydrogens (tertiary/aromatic N) is 1. The van der Waals surface area contributed by atoms with Crippen molar-refractivity contribution in [3.63, 3.8) is 0 Å². The molecular formula is C16H15ClN2O2S. The summed E-state index contributed by atoms with van der Waals surface area (Å²) in [5.74, 6) is 0.315. The molecule has 6 heteroatoms.